The van der Waals surface area contributed by atoms with Gasteiger partial charge in [-0.2, -0.15) is 0 Å². The molecule has 0 bridgehead atoms. The fraction of sp³-hybridized carbons (Fsp3) is 0. The van der Waals surface area contributed by atoms with Crippen LogP contribution in [0, 0.1) is 0 Å². The van der Waals surface area contributed by atoms with E-state index in [0.29, 0.717) is 0 Å². The summed E-state index contributed by atoms with van der Waals surface area (Å²) in [4.78, 5) is 0. The minimum atomic E-state index is 0.285. The summed E-state index contributed by atoms with van der Waals surface area (Å²) in [5.74, 6) is 0.569. The van der Waals surface area contributed by atoms with E-state index in [-0.39, 0.29) is 11.5 Å². The lowest BCUT2D eigenvalue weighted by atomic mass is 9.97. The Hall–Kier alpha value is -3.52. The van der Waals surface area contributed by atoms with Gasteiger partial charge in [0.1, 0.15) is 11.5 Å². The molecule has 0 radical (unpaired) electrons. The molecule has 4 aromatic carbocycles. The van der Waals surface area contributed by atoms with Gasteiger partial charge in [-0.25, -0.2) is 0 Å². The van der Waals surface area contributed by atoms with Crippen LogP contribution in [0.3, 0.4) is 0 Å². The number of rotatable bonds is 3. The van der Waals surface area contributed by atoms with Crippen molar-refractivity contribution in [2.75, 3.05) is 0 Å². The zero-order chi connectivity index (χ0) is 17.9. The van der Waals surface area contributed by atoms with E-state index >= 15 is 0 Å². The molecule has 0 spiro atoms. The van der Waals surface area contributed by atoms with Crippen LogP contribution in [-0.2, 0) is 0 Å². The lowest BCUT2D eigenvalue weighted by Crippen LogP contribution is -1.83. The van der Waals surface area contributed by atoms with Gasteiger partial charge in [0.05, 0.1) is 0 Å². The highest BCUT2D eigenvalue weighted by Crippen LogP contribution is 2.32. The predicted octanol–water partition coefficient (Wildman–Crippen LogP) is 6.10. The molecule has 0 aliphatic heterocycles. The molecule has 0 amide bonds. The van der Waals surface area contributed by atoms with Crippen LogP contribution in [-0.4, -0.2) is 10.2 Å². The molecule has 4 aromatic rings. The number of phenolic OH excluding ortho intramolecular Hbond substituents is 2. The highest BCUT2D eigenvalue weighted by molar-refractivity contribution is 5.76. The molecule has 0 aliphatic rings. The van der Waals surface area contributed by atoms with Crippen molar-refractivity contribution in [1.82, 2.24) is 0 Å². The molecule has 0 unspecified atom stereocenters. The second-order valence-corrected chi connectivity index (χ2v) is 6.19. The van der Waals surface area contributed by atoms with Crippen molar-refractivity contribution in [3.63, 3.8) is 0 Å². The molecule has 0 heterocycles. The van der Waals surface area contributed by atoms with Gasteiger partial charge in [0.2, 0.25) is 0 Å². The van der Waals surface area contributed by atoms with E-state index in [4.69, 9.17) is 0 Å². The summed E-state index contributed by atoms with van der Waals surface area (Å²) in [5, 5.41) is 20.0. The summed E-state index contributed by atoms with van der Waals surface area (Å²) in [6.07, 6.45) is 0. The van der Waals surface area contributed by atoms with E-state index in [1.807, 2.05) is 60.7 Å². The Morgan fingerprint density at radius 2 is 0.654 bits per heavy atom. The minimum Gasteiger partial charge on any atom is -0.507 e. The molecule has 2 nitrogen and oxygen atoms in total. The smallest absolute Gasteiger partial charge is 0.123 e. The van der Waals surface area contributed by atoms with Crippen LogP contribution in [0.5, 0.6) is 11.5 Å². The lowest BCUT2D eigenvalue weighted by Gasteiger charge is -2.08. The van der Waals surface area contributed by atoms with E-state index < -0.39 is 0 Å². The third-order valence-corrected chi connectivity index (χ3v) is 4.53. The number of para-hydroxylation sites is 2. The van der Waals surface area contributed by atoms with Gasteiger partial charge in [-0.1, -0.05) is 84.9 Å². The van der Waals surface area contributed by atoms with Crippen LogP contribution >= 0.6 is 0 Å². The van der Waals surface area contributed by atoms with Crippen molar-refractivity contribution in [2.45, 2.75) is 0 Å². The Balaban J connectivity index is 1.62. The summed E-state index contributed by atoms with van der Waals surface area (Å²) < 4.78 is 0. The van der Waals surface area contributed by atoms with E-state index in [1.165, 1.54) is 0 Å². The van der Waals surface area contributed by atoms with Crippen molar-refractivity contribution in [3.8, 4) is 44.9 Å². The first-order chi connectivity index (χ1) is 12.7. The molecule has 0 aromatic heterocycles. The van der Waals surface area contributed by atoms with E-state index in [9.17, 15) is 10.2 Å². The quantitative estimate of drug-likeness (QED) is 0.474. The van der Waals surface area contributed by atoms with Gasteiger partial charge in [-0.05, 0) is 34.4 Å². The second-order valence-electron chi connectivity index (χ2n) is 6.19. The van der Waals surface area contributed by atoms with Crippen LogP contribution in [0.4, 0.5) is 0 Å². The molecular formula is C24H18O2. The molecule has 26 heavy (non-hydrogen) atoms. The standard InChI is InChI=1S/C24H18O2/c25-23-7-3-1-5-21(23)19-13-9-17(10-14-19)18-11-15-20(16-12-18)22-6-2-4-8-24(22)26/h1-16,25-26H. The summed E-state index contributed by atoms with van der Waals surface area (Å²) in [5.41, 5.74) is 5.83. The Bertz CT molecular complexity index is 945. The summed E-state index contributed by atoms with van der Waals surface area (Å²) >= 11 is 0. The number of benzene rings is 4. The average Bonchev–Trinajstić information content (AvgIpc) is 2.69. The van der Waals surface area contributed by atoms with E-state index in [2.05, 4.69) is 24.3 Å². The van der Waals surface area contributed by atoms with Crippen LogP contribution < -0.4 is 0 Å². The maximum Gasteiger partial charge on any atom is 0.123 e. The first kappa shape index (κ1) is 16.0. The molecule has 4 rings (SSSR count). The molecule has 0 aliphatic carbocycles. The first-order valence-corrected chi connectivity index (χ1v) is 8.49. The molecule has 0 saturated heterocycles. The maximum absolute atomic E-state index is 9.99. The van der Waals surface area contributed by atoms with Crippen LogP contribution in [0.2, 0.25) is 0 Å². The van der Waals surface area contributed by atoms with Crippen LogP contribution in [0.1, 0.15) is 0 Å². The molecule has 0 saturated carbocycles. The van der Waals surface area contributed by atoms with Gasteiger partial charge in [0.15, 0.2) is 0 Å². The minimum absolute atomic E-state index is 0.285. The summed E-state index contributed by atoms with van der Waals surface area (Å²) in [6, 6.07) is 30.9. The van der Waals surface area contributed by atoms with Gasteiger partial charge in [-0.15, -0.1) is 0 Å². The third kappa shape index (κ3) is 3.05. The fourth-order valence-electron chi connectivity index (χ4n) is 3.12. The van der Waals surface area contributed by atoms with Gasteiger partial charge in [0.25, 0.3) is 0 Å². The van der Waals surface area contributed by atoms with Crippen LogP contribution in [0.15, 0.2) is 97.1 Å². The molecular weight excluding hydrogens is 320 g/mol. The second kappa shape index (κ2) is 6.77. The van der Waals surface area contributed by atoms with Crippen molar-refractivity contribution in [2.24, 2.45) is 0 Å². The Kier molecular flexibility index (Phi) is 4.16. The maximum atomic E-state index is 9.99. The zero-order valence-corrected chi connectivity index (χ0v) is 14.1. The van der Waals surface area contributed by atoms with E-state index in [0.717, 1.165) is 33.4 Å². The van der Waals surface area contributed by atoms with Gasteiger partial charge < -0.3 is 10.2 Å². The number of aromatic hydroxyl groups is 2. The van der Waals surface area contributed by atoms with Crippen molar-refractivity contribution >= 4 is 0 Å². The zero-order valence-electron chi connectivity index (χ0n) is 14.1. The predicted molar refractivity (Wildman–Crippen MR) is 106 cm³/mol. The van der Waals surface area contributed by atoms with Crippen molar-refractivity contribution in [1.29, 1.82) is 0 Å². The monoisotopic (exact) mass is 338 g/mol. The topological polar surface area (TPSA) is 40.5 Å². The Labute approximate surface area is 152 Å². The van der Waals surface area contributed by atoms with Gasteiger partial charge >= 0.3 is 0 Å². The largest absolute Gasteiger partial charge is 0.507 e. The third-order valence-electron chi connectivity index (χ3n) is 4.53. The van der Waals surface area contributed by atoms with Gasteiger partial charge in [0, 0.05) is 11.1 Å². The molecule has 126 valence electrons. The highest BCUT2D eigenvalue weighted by atomic mass is 16.3. The molecule has 0 fully saturated rings. The molecule has 0 atom stereocenters. The number of hydrogen-bond donors (Lipinski definition) is 2. The van der Waals surface area contributed by atoms with Gasteiger partial charge in [-0.3, -0.25) is 0 Å². The lowest BCUT2D eigenvalue weighted by molar-refractivity contribution is 0.477. The van der Waals surface area contributed by atoms with Crippen LogP contribution in [0.25, 0.3) is 33.4 Å². The number of phenols is 2. The SMILES string of the molecule is Oc1ccccc1-c1ccc(-c2ccc(-c3ccccc3O)cc2)cc1. The molecule has 2 heteroatoms. The number of hydrogen-bond acceptors (Lipinski definition) is 2. The molecule has 2 N–H and O–H groups in total. The Morgan fingerprint density at radius 1 is 0.346 bits per heavy atom. The van der Waals surface area contributed by atoms with E-state index in [1.54, 1.807) is 12.1 Å². The Morgan fingerprint density at radius 3 is 1.00 bits per heavy atom. The normalized spacial score (nSPS) is 10.6. The summed E-state index contributed by atoms with van der Waals surface area (Å²) in [7, 11) is 0. The first-order valence-electron chi connectivity index (χ1n) is 8.49. The van der Waals surface area contributed by atoms with Crippen molar-refractivity contribution < 1.29 is 10.2 Å². The van der Waals surface area contributed by atoms with Crippen molar-refractivity contribution in [3.05, 3.63) is 97.1 Å². The fourth-order valence-corrected chi connectivity index (χ4v) is 3.12. The average molecular weight is 338 g/mol. The summed E-state index contributed by atoms with van der Waals surface area (Å²) in [6.45, 7) is 0. The highest BCUT2D eigenvalue weighted by Gasteiger charge is 2.06.